The van der Waals surface area contributed by atoms with Gasteiger partial charge in [0.25, 0.3) is 0 Å². The molecule has 2 saturated heterocycles. The maximum atomic E-state index is 12.8. The zero-order chi connectivity index (χ0) is 19.4. The Morgan fingerprint density at radius 3 is 2.41 bits per heavy atom. The summed E-state index contributed by atoms with van der Waals surface area (Å²) in [6.07, 6.45) is 1.84. The van der Waals surface area contributed by atoms with Gasteiger partial charge in [-0.3, -0.25) is 14.5 Å². The number of anilines is 1. The quantitative estimate of drug-likeness (QED) is 0.860. The first kappa shape index (κ1) is 20.2. The molecule has 6 heteroatoms. The monoisotopic (exact) mass is 389 g/mol. The van der Waals surface area contributed by atoms with Crippen molar-refractivity contribution in [3.8, 4) is 0 Å². The number of carbonyl (C=O) groups excluding carboxylic acids is 2. The molecule has 0 saturated carbocycles. The molecule has 1 N–H and O–H groups in total. The Morgan fingerprint density at radius 1 is 1.11 bits per heavy atom. The third-order valence-electron chi connectivity index (χ3n) is 5.35. The van der Waals surface area contributed by atoms with E-state index in [0.29, 0.717) is 0 Å². The summed E-state index contributed by atoms with van der Waals surface area (Å²) in [4.78, 5) is 29.4. The van der Waals surface area contributed by atoms with Gasteiger partial charge in [-0.25, -0.2) is 0 Å². The average Bonchev–Trinajstić information content (AvgIpc) is 3.09. The molecule has 3 rings (SSSR count). The molecule has 2 aliphatic rings. The van der Waals surface area contributed by atoms with Crippen molar-refractivity contribution < 1.29 is 9.59 Å². The van der Waals surface area contributed by atoms with Crippen LogP contribution in [0.1, 0.15) is 39.2 Å². The first-order valence-electron chi connectivity index (χ1n) is 9.85. The molecule has 27 heavy (non-hydrogen) atoms. The van der Waals surface area contributed by atoms with E-state index in [0.717, 1.165) is 49.7 Å². The molecular weight excluding hydrogens is 358 g/mol. The molecular formula is C21H31N3O2S. The van der Waals surface area contributed by atoms with Gasteiger partial charge in [0, 0.05) is 30.3 Å². The second kappa shape index (κ2) is 8.65. The van der Waals surface area contributed by atoms with Crippen LogP contribution in [0.3, 0.4) is 0 Å². The van der Waals surface area contributed by atoms with E-state index in [2.05, 4.69) is 38.2 Å². The molecule has 2 aliphatic heterocycles. The van der Waals surface area contributed by atoms with Crippen LogP contribution < -0.4 is 5.32 Å². The van der Waals surface area contributed by atoms with Gasteiger partial charge in [-0.1, -0.05) is 32.9 Å². The molecule has 1 atom stereocenters. The lowest BCUT2D eigenvalue weighted by atomic mass is 9.87. The highest BCUT2D eigenvalue weighted by Gasteiger charge is 2.35. The minimum Gasteiger partial charge on any atom is -0.340 e. The minimum atomic E-state index is -0.137. The summed E-state index contributed by atoms with van der Waals surface area (Å²) in [6.45, 7) is 9.28. The van der Waals surface area contributed by atoms with Crippen molar-refractivity contribution in [1.29, 1.82) is 0 Å². The van der Waals surface area contributed by atoms with E-state index in [1.807, 2.05) is 33.7 Å². The zero-order valence-electron chi connectivity index (χ0n) is 16.7. The average molecular weight is 390 g/mol. The number of benzene rings is 1. The Labute approximate surface area is 166 Å². The van der Waals surface area contributed by atoms with Gasteiger partial charge in [-0.15, -0.1) is 0 Å². The Hall–Kier alpha value is -1.53. The van der Waals surface area contributed by atoms with Crippen LogP contribution in [0.4, 0.5) is 5.69 Å². The number of thioether (sulfide) groups is 1. The number of hydrogen-bond donors (Lipinski definition) is 1. The number of rotatable bonds is 4. The standard InChI is InChI=1S/C21H31N3O2S/c1-21(2,3)16-6-8-17(9-7-16)22-19(25)15-24-10-4-5-18(24)20(26)23-11-13-27-14-12-23/h6-9,18H,4-5,10-15H2,1-3H3,(H,22,25). The molecule has 2 amide bonds. The predicted molar refractivity (Wildman–Crippen MR) is 112 cm³/mol. The molecule has 148 valence electrons. The summed E-state index contributed by atoms with van der Waals surface area (Å²) in [5.41, 5.74) is 2.15. The Morgan fingerprint density at radius 2 is 1.78 bits per heavy atom. The lowest BCUT2D eigenvalue weighted by molar-refractivity contribution is -0.136. The van der Waals surface area contributed by atoms with Gasteiger partial charge in [0.05, 0.1) is 12.6 Å². The molecule has 1 aromatic carbocycles. The van der Waals surface area contributed by atoms with Crippen molar-refractivity contribution in [2.45, 2.75) is 45.1 Å². The second-order valence-corrected chi connectivity index (χ2v) is 9.67. The predicted octanol–water partition coefficient (Wildman–Crippen LogP) is 2.96. The van der Waals surface area contributed by atoms with Crippen LogP contribution >= 0.6 is 11.8 Å². The molecule has 1 aromatic rings. The lowest BCUT2D eigenvalue weighted by Gasteiger charge is -2.32. The smallest absolute Gasteiger partial charge is 0.239 e. The van der Waals surface area contributed by atoms with Crippen molar-refractivity contribution >= 4 is 29.3 Å². The molecule has 2 fully saturated rings. The van der Waals surface area contributed by atoms with Gasteiger partial charge in [0.2, 0.25) is 11.8 Å². The number of nitrogens with zero attached hydrogens (tertiary/aromatic N) is 2. The van der Waals surface area contributed by atoms with Gasteiger partial charge < -0.3 is 10.2 Å². The number of carbonyl (C=O) groups is 2. The second-order valence-electron chi connectivity index (χ2n) is 8.44. The fraction of sp³-hybridized carbons (Fsp3) is 0.619. The van der Waals surface area contributed by atoms with Crippen molar-refractivity contribution in [1.82, 2.24) is 9.80 Å². The minimum absolute atomic E-state index is 0.0487. The van der Waals surface area contributed by atoms with Crippen LogP contribution in [0.2, 0.25) is 0 Å². The van der Waals surface area contributed by atoms with E-state index in [-0.39, 0.29) is 29.8 Å². The van der Waals surface area contributed by atoms with Gasteiger partial charge in [-0.05, 0) is 42.5 Å². The molecule has 0 aromatic heterocycles. The van der Waals surface area contributed by atoms with Crippen molar-refractivity contribution in [3.63, 3.8) is 0 Å². The van der Waals surface area contributed by atoms with E-state index in [1.54, 1.807) is 0 Å². The van der Waals surface area contributed by atoms with Gasteiger partial charge >= 0.3 is 0 Å². The topological polar surface area (TPSA) is 52.7 Å². The normalized spacial score (nSPS) is 21.3. The van der Waals surface area contributed by atoms with Crippen LogP contribution in [0.25, 0.3) is 0 Å². The number of hydrogen-bond acceptors (Lipinski definition) is 4. The van der Waals surface area contributed by atoms with Crippen LogP contribution in [-0.2, 0) is 15.0 Å². The number of likely N-dealkylation sites (tertiary alicyclic amines) is 1. The lowest BCUT2D eigenvalue weighted by Crippen LogP contribution is -2.49. The Balaban J connectivity index is 1.55. The Kier molecular flexibility index (Phi) is 6.48. The highest BCUT2D eigenvalue weighted by molar-refractivity contribution is 7.99. The maximum absolute atomic E-state index is 12.8. The molecule has 1 unspecified atom stereocenters. The summed E-state index contributed by atoms with van der Waals surface area (Å²) < 4.78 is 0. The van der Waals surface area contributed by atoms with E-state index in [9.17, 15) is 9.59 Å². The summed E-state index contributed by atoms with van der Waals surface area (Å²) in [6, 6.07) is 7.90. The van der Waals surface area contributed by atoms with Crippen LogP contribution in [0.5, 0.6) is 0 Å². The summed E-state index contributed by atoms with van der Waals surface area (Å²) in [5.74, 6) is 2.19. The SMILES string of the molecule is CC(C)(C)c1ccc(NC(=O)CN2CCCC2C(=O)N2CCSCC2)cc1. The van der Waals surface area contributed by atoms with E-state index < -0.39 is 0 Å². The van der Waals surface area contributed by atoms with E-state index in [1.165, 1.54) is 5.56 Å². The third kappa shape index (κ3) is 5.26. The van der Waals surface area contributed by atoms with Gasteiger partial charge in [-0.2, -0.15) is 11.8 Å². The molecule has 5 nitrogen and oxygen atoms in total. The summed E-state index contributed by atoms with van der Waals surface area (Å²) >= 11 is 1.90. The van der Waals surface area contributed by atoms with Gasteiger partial charge in [0.15, 0.2) is 0 Å². The molecule has 0 spiro atoms. The maximum Gasteiger partial charge on any atom is 0.239 e. The fourth-order valence-electron chi connectivity index (χ4n) is 3.73. The summed E-state index contributed by atoms with van der Waals surface area (Å²) in [5, 5.41) is 2.98. The molecule has 0 radical (unpaired) electrons. The Bertz CT molecular complexity index is 663. The van der Waals surface area contributed by atoms with E-state index in [4.69, 9.17) is 0 Å². The van der Waals surface area contributed by atoms with Gasteiger partial charge in [0.1, 0.15) is 0 Å². The highest BCUT2D eigenvalue weighted by atomic mass is 32.2. The van der Waals surface area contributed by atoms with E-state index >= 15 is 0 Å². The number of nitrogens with one attached hydrogen (secondary N) is 1. The third-order valence-corrected chi connectivity index (χ3v) is 6.30. The first-order chi connectivity index (χ1) is 12.8. The van der Waals surface area contributed by atoms with Crippen molar-refractivity contribution in [2.75, 3.05) is 43.0 Å². The largest absolute Gasteiger partial charge is 0.340 e. The van der Waals surface area contributed by atoms with Crippen LogP contribution in [0.15, 0.2) is 24.3 Å². The molecule has 0 bridgehead atoms. The zero-order valence-corrected chi connectivity index (χ0v) is 17.5. The van der Waals surface area contributed by atoms with Crippen LogP contribution in [0, 0.1) is 0 Å². The highest BCUT2D eigenvalue weighted by Crippen LogP contribution is 2.24. The van der Waals surface area contributed by atoms with Crippen molar-refractivity contribution in [3.05, 3.63) is 29.8 Å². The number of amides is 2. The summed E-state index contributed by atoms with van der Waals surface area (Å²) in [7, 11) is 0. The fourth-order valence-corrected chi connectivity index (χ4v) is 4.63. The molecule has 2 heterocycles. The van der Waals surface area contributed by atoms with Crippen LogP contribution in [-0.4, -0.2) is 65.3 Å². The van der Waals surface area contributed by atoms with Crippen molar-refractivity contribution in [2.24, 2.45) is 0 Å². The first-order valence-corrected chi connectivity index (χ1v) is 11.0. The molecule has 0 aliphatic carbocycles.